The molecule has 0 bridgehead atoms. The highest BCUT2D eigenvalue weighted by Gasteiger charge is 2.16. The maximum absolute atomic E-state index is 3.22. The zero-order chi connectivity index (χ0) is 6.74. The van der Waals surface area contributed by atoms with Crippen LogP contribution in [-0.4, -0.2) is 6.54 Å². The predicted molar refractivity (Wildman–Crippen MR) is 40.2 cm³/mol. The minimum Gasteiger partial charge on any atom is -0.391 e. The first kappa shape index (κ1) is 6.66. The second-order valence-electron chi connectivity index (χ2n) is 3.47. The SMILES string of the molecule is CC1(C)CC=CNCC1. The lowest BCUT2D eigenvalue weighted by Gasteiger charge is -2.19. The summed E-state index contributed by atoms with van der Waals surface area (Å²) in [6, 6.07) is 0. The highest BCUT2D eigenvalue weighted by Crippen LogP contribution is 2.25. The first-order chi connectivity index (χ1) is 4.21. The van der Waals surface area contributed by atoms with E-state index in [1.54, 1.807) is 0 Å². The molecule has 9 heavy (non-hydrogen) atoms. The van der Waals surface area contributed by atoms with Crippen LogP contribution in [0.3, 0.4) is 0 Å². The molecule has 1 N–H and O–H groups in total. The summed E-state index contributed by atoms with van der Waals surface area (Å²) in [6.07, 6.45) is 6.77. The molecule has 0 spiro atoms. The summed E-state index contributed by atoms with van der Waals surface area (Å²) < 4.78 is 0. The molecule has 1 aliphatic rings. The van der Waals surface area contributed by atoms with Crippen LogP contribution >= 0.6 is 0 Å². The van der Waals surface area contributed by atoms with Crippen LogP contribution in [0.5, 0.6) is 0 Å². The van der Waals surface area contributed by atoms with E-state index in [0.717, 1.165) is 6.54 Å². The van der Waals surface area contributed by atoms with Gasteiger partial charge in [-0.15, -0.1) is 0 Å². The molecule has 0 atom stereocenters. The van der Waals surface area contributed by atoms with E-state index in [4.69, 9.17) is 0 Å². The summed E-state index contributed by atoms with van der Waals surface area (Å²) in [4.78, 5) is 0. The topological polar surface area (TPSA) is 12.0 Å². The zero-order valence-corrected chi connectivity index (χ0v) is 6.28. The normalized spacial score (nSPS) is 24.7. The molecular formula is C8H15N. The Morgan fingerprint density at radius 3 is 3.00 bits per heavy atom. The van der Waals surface area contributed by atoms with Crippen molar-refractivity contribution < 1.29 is 0 Å². The lowest BCUT2D eigenvalue weighted by molar-refractivity contribution is 0.346. The van der Waals surface area contributed by atoms with Crippen LogP contribution in [0.4, 0.5) is 0 Å². The molecule has 0 aromatic heterocycles. The summed E-state index contributed by atoms with van der Waals surface area (Å²) in [5.74, 6) is 0. The van der Waals surface area contributed by atoms with E-state index < -0.39 is 0 Å². The Hall–Kier alpha value is -0.460. The molecule has 52 valence electrons. The van der Waals surface area contributed by atoms with Crippen molar-refractivity contribution in [3.8, 4) is 0 Å². The van der Waals surface area contributed by atoms with Gasteiger partial charge in [0.2, 0.25) is 0 Å². The third-order valence-electron chi connectivity index (χ3n) is 1.85. The summed E-state index contributed by atoms with van der Waals surface area (Å²) in [5.41, 5.74) is 0.514. The Labute approximate surface area is 57.1 Å². The summed E-state index contributed by atoms with van der Waals surface area (Å²) in [6.45, 7) is 5.75. The van der Waals surface area contributed by atoms with Crippen molar-refractivity contribution in [3.05, 3.63) is 12.3 Å². The second kappa shape index (κ2) is 2.42. The molecule has 0 aliphatic carbocycles. The van der Waals surface area contributed by atoms with E-state index in [-0.39, 0.29) is 0 Å². The molecule has 0 saturated carbocycles. The van der Waals surface area contributed by atoms with Crippen molar-refractivity contribution in [2.45, 2.75) is 26.7 Å². The smallest absolute Gasteiger partial charge is 0.0146 e. The summed E-state index contributed by atoms with van der Waals surface area (Å²) in [7, 11) is 0. The second-order valence-corrected chi connectivity index (χ2v) is 3.47. The van der Waals surface area contributed by atoms with Crippen molar-refractivity contribution in [1.82, 2.24) is 5.32 Å². The molecule has 1 aliphatic heterocycles. The van der Waals surface area contributed by atoms with E-state index in [9.17, 15) is 0 Å². The average molecular weight is 125 g/mol. The van der Waals surface area contributed by atoms with Crippen LogP contribution in [0, 0.1) is 5.41 Å². The fourth-order valence-corrected chi connectivity index (χ4v) is 1.06. The number of rotatable bonds is 0. The Kier molecular flexibility index (Phi) is 1.79. The van der Waals surface area contributed by atoms with E-state index in [2.05, 4.69) is 31.4 Å². The average Bonchev–Trinajstić information content (AvgIpc) is 1.92. The van der Waals surface area contributed by atoms with Gasteiger partial charge in [-0.05, 0) is 24.5 Å². The fourth-order valence-electron chi connectivity index (χ4n) is 1.06. The quantitative estimate of drug-likeness (QED) is 0.521. The third-order valence-corrected chi connectivity index (χ3v) is 1.85. The van der Waals surface area contributed by atoms with Crippen molar-refractivity contribution in [2.75, 3.05) is 6.54 Å². The molecule has 0 radical (unpaired) electrons. The van der Waals surface area contributed by atoms with E-state index in [1.807, 2.05) is 0 Å². The Morgan fingerprint density at radius 1 is 1.44 bits per heavy atom. The molecule has 0 unspecified atom stereocenters. The van der Waals surface area contributed by atoms with Gasteiger partial charge in [0.1, 0.15) is 0 Å². The molecule has 0 aromatic carbocycles. The van der Waals surface area contributed by atoms with Crippen molar-refractivity contribution in [1.29, 1.82) is 0 Å². The first-order valence-corrected chi connectivity index (χ1v) is 3.59. The van der Waals surface area contributed by atoms with Gasteiger partial charge in [-0.1, -0.05) is 19.9 Å². The number of hydrogen-bond acceptors (Lipinski definition) is 1. The van der Waals surface area contributed by atoms with Crippen molar-refractivity contribution >= 4 is 0 Å². The lowest BCUT2D eigenvalue weighted by Crippen LogP contribution is -2.14. The maximum Gasteiger partial charge on any atom is 0.0146 e. The van der Waals surface area contributed by atoms with Gasteiger partial charge in [0.25, 0.3) is 0 Å². The summed E-state index contributed by atoms with van der Waals surface area (Å²) in [5, 5.41) is 3.22. The molecule has 1 heteroatoms. The molecule has 1 nitrogen and oxygen atoms in total. The monoisotopic (exact) mass is 125 g/mol. The van der Waals surface area contributed by atoms with Crippen LogP contribution in [0.1, 0.15) is 26.7 Å². The predicted octanol–water partition coefficient (Wildman–Crippen LogP) is 1.91. The van der Waals surface area contributed by atoms with E-state index >= 15 is 0 Å². The number of allylic oxidation sites excluding steroid dienone is 1. The first-order valence-electron chi connectivity index (χ1n) is 3.59. The molecule has 0 aromatic rings. The summed E-state index contributed by atoms with van der Waals surface area (Å²) >= 11 is 0. The van der Waals surface area contributed by atoms with Crippen LogP contribution in [0.25, 0.3) is 0 Å². The van der Waals surface area contributed by atoms with Gasteiger partial charge >= 0.3 is 0 Å². The van der Waals surface area contributed by atoms with Gasteiger partial charge in [0.15, 0.2) is 0 Å². The van der Waals surface area contributed by atoms with Crippen molar-refractivity contribution in [2.24, 2.45) is 5.41 Å². The van der Waals surface area contributed by atoms with Gasteiger partial charge in [0.05, 0.1) is 0 Å². The molecule has 0 amide bonds. The Morgan fingerprint density at radius 2 is 2.22 bits per heavy atom. The van der Waals surface area contributed by atoms with Crippen LogP contribution in [0.15, 0.2) is 12.3 Å². The molecule has 1 rings (SSSR count). The highest BCUT2D eigenvalue weighted by molar-refractivity contribution is 4.89. The number of nitrogens with one attached hydrogen (secondary N) is 1. The molecule has 0 saturated heterocycles. The van der Waals surface area contributed by atoms with Gasteiger partial charge in [-0.3, -0.25) is 0 Å². The zero-order valence-electron chi connectivity index (χ0n) is 6.28. The lowest BCUT2D eigenvalue weighted by atomic mass is 9.86. The fraction of sp³-hybridized carbons (Fsp3) is 0.750. The molecule has 0 fully saturated rings. The van der Waals surface area contributed by atoms with Gasteiger partial charge in [-0.2, -0.15) is 0 Å². The van der Waals surface area contributed by atoms with Crippen LogP contribution in [-0.2, 0) is 0 Å². The highest BCUT2D eigenvalue weighted by atomic mass is 14.8. The van der Waals surface area contributed by atoms with Crippen molar-refractivity contribution in [3.63, 3.8) is 0 Å². The van der Waals surface area contributed by atoms with Gasteiger partial charge < -0.3 is 5.32 Å². The van der Waals surface area contributed by atoms with Crippen LogP contribution < -0.4 is 5.32 Å². The van der Waals surface area contributed by atoms with Gasteiger partial charge in [0, 0.05) is 6.54 Å². The Bertz CT molecular complexity index is 114. The van der Waals surface area contributed by atoms with E-state index in [0.29, 0.717) is 5.41 Å². The minimum atomic E-state index is 0.514. The largest absolute Gasteiger partial charge is 0.391 e. The maximum atomic E-state index is 3.22. The Balaban J connectivity index is 2.48. The third kappa shape index (κ3) is 2.08. The van der Waals surface area contributed by atoms with Gasteiger partial charge in [-0.25, -0.2) is 0 Å². The number of hydrogen-bond donors (Lipinski definition) is 1. The standard InChI is InChI=1S/C8H15N/c1-8(2)4-3-6-9-7-5-8/h3,6,9H,4-5,7H2,1-2H3. The molecule has 1 heterocycles. The van der Waals surface area contributed by atoms with E-state index in [1.165, 1.54) is 12.8 Å². The minimum absolute atomic E-state index is 0.514. The molecular weight excluding hydrogens is 110 g/mol. The van der Waals surface area contributed by atoms with Crippen LogP contribution in [0.2, 0.25) is 0 Å².